The molecule has 0 aliphatic heterocycles. The van der Waals surface area contributed by atoms with E-state index in [0.29, 0.717) is 17.9 Å². The molecule has 0 aliphatic rings. The van der Waals surface area contributed by atoms with Gasteiger partial charge >= 0.3 is 5.97 Å². The zero-order chi connectivity index (χ0) is 21.6. The number of carboxylic acids is 1. The summed E-state index contributed by atoms with van der Waals surface area (Å²) >= 11 is 1.60. The summed E-state index contributed by atoms with van der Waals surface area (Å²) in [7, 11) is 1.64. The molecule has 2 aromatic heterocycles. The topological polar surface area (TPSA) is 84.3 Å². The van der Waals surface area contributed by atoms with Crippen LogP contribution in [0.2, 0.25) is 0 Å². The van der Waals surface area contributed by atoms with Crippen LogP contribution in [-0.2, 0) is 6.54 Å². The van der Waals surface area contributed by atoms with Crippen molar-refractivity contribution in [1.82, 2.24) is 15.3 Å². The quantitative estimate of drug-likeness (QED) is 0.370. The highest BCUT2D eigenvalue weighted by Gasteiger charge is 2.20. The molecule has 0 saturated carbocycles. The molecular formula is C24H22ClN3O3S. The Kier molecular flexibility index (Phi) is 7.94. The molecule has 1 unspecified atom stereocenters. The van der Waals surface area contributed by atoms with Gasteiger partial charge < -0.3 is 9.84 Å². The van der Waals surface area contributed by atoms with Gasteiger partial charge in [0.25, 0.3) is 0 Å². The minimum Gasteiger partial charge on any atom is -0.497 e. The summed E-state index contributed by atoms with van der Waals surface area (Å²) in [6.45, 7) is 0.376. The van der Waals surface area contributed by atoms with Crippen LogP contribution in [0.25, 0.3) is 11.3 Å². The molecule has 0 amide bonds. The summed E-state index contributed by atoms with van der Waals surface area (Å²) in [6.07, 6.45) is 1.75. The number of nitrogens with one attached hydrogen (secondary N) is 1. The molecule has 4 aromatic rings. The molecule has 32 heavy (non-hydrogen) atoms. The molecule has 2 N–H and O–H groups in total. The Balaban J connectivity index is 0.00000289. The number of hydrogen-bond acceptors (Lipinski definition) is 6. The van der Waals surface area contributed by atoms with Crippen LogP contribution in [0.4, 0.5) is 0 Å². The van der Waals surface area contributed by atoms with Crippen LogP contribution in [0, 0.1) is 0 Å². The lowest BCUT2D eigenvalue weighted by Gasteiger charge is -2.18. The van der Waals surface area contributed by atoms with Crippen LogP contribution in [0.15, 0.2) is 78.3 Å². The predicted molar refractivity (Wildman–Crippen MR) is 128 cm³/mol. The first-order valence-corrected chi connectivity index (χ1v) is 10.6. The highest BCUT2D eigenvalue weighted by Crippen LogP contribution is 2.27. The zero-order valence-electron chi connectivity index (χ0n) is 17.3. The number of benzene rings is 2. The average molecular weight is 468 g/mol. The number of hydrogen-bond donors (Lipinski definition) is 2. The van der Waals surface area contributed by atoms with E-state index in [4.69, 9.17) is 9.72 Å². The van der Waals surface area contributed by atoms with Crippen molar-refractivity contribution >= 4 is 29.7 Å². The summed E-state index contributed by atoms with van der Waals surface area (Å²) in [5, 5.41) is 14.9. The molecule has 0 bridgehead atoms. The Hall–Kier alpha value is -3.26. The number of nitrogens with zero attached hydrogens (tertiary/aromatic N) is 2. The van der Waals surface area contributed by atoms with Gasteiger partial charge in [0.15, 0.2) is 5.82 Å². The Bertz CT molecular complexity index is 1170. The number of ether oxygens (including phenoxy) is 1. The molecule has 2 heterocycles. The smallest absolute Gasteiger partial charge is 0.336 e. The van der Waals surface area contributed by atoms with Gasteiger partial charge in [0, 0.05) is 23.2 Å². The van der Waals surface area contributed by atoms with Gasteiger partial charge in [-0.2, -0.15) is 0 Å². The standard InChI is InChI=1S/C24H21N3O3S.ClH/c1-30-18-10-8-16(9-11-18)20-12-13-25-23(27-20)22(21-7-4-14-31-21)26-15-17-5-2-3-6-19(17)24(28)29;/h2-14,22,26H,15H2,1H3,(H,28,29);1H. The van der Waals surface area contributed by atoms with Gasteiger partial charge in [-0.15, -0.1) is 23.7 Å². The van der Waals surface area contributed by atoms with Crippen molar-refractivity contribution in [2.45, 2.75) is 12.6 Å². The van der Waals surface area contributed by atoms with Crippen LogP contribution in [0.1, 0.15) is 32.7 Å². The number of halogens is 1. The Morgan fingerprint density at radius 3 is 2.56 bits per heavy atom. The lowest BCUT2D eigenvalue weighted by molar-refractivity contribution is 0.0695. The molecule has 0 radical (unpaired) electrons. The maximum absolute atomic E-state index is 11.6. The van der Waals surface area contributed by atoms with Gasteiger partial charge in [0.2, 0.25) is 0 Å². The van der Waals surface area contributed by atoms with Crippen molar-refractivity contribution < 1.29 is 14.6 Å². The first kappa shape index (κ1) is 23.4. The lowest BCUT2D eigenvalue weighted by Crippen LogP contribution is -2.24. The van der Waals surface area contributed by atoms with E-state index in [0.717, 1.165) is 21.9 Å². The first-order chi connectivity index (χ1) is 15.2. The number of aromatic carboxylic acids is 1. The molecule has 8 heteroatoms. The first-order valence-electron chi connectivity index (χ1n) is 9.71. The highest BCUT2D eigenvalue weighted by atomic mass is 35.5. The van der Waals surface area contributed by atoms with Crippen LogP contribution in [0.3, 0.4) is 0 Å². The third-order valence-corrected chi connectivity index (χ3v) is 5.83. The van der Waals surface area contributed by atoms with Gasteiger partial charge in [-0.05, 0) is 53.4 Å². The van der Waals surface area contributed by atoms with Crippen molar-refractivity contribution in [2.24, 2.45) is 0 Å². The van der Waals surface area contributed by atoms with Crippen molar-refractivity contribution in [3.63, 3.8) is 0 Å². The molecule has 164 valence electrons. The normalized spacial score (nSPS) is 11.4. The lowest BCUT2D eigenvalue weighted by atomic mass is 10.1. The third-order valence-electron chi connectivity index (χ3n) is 4.89. The molecule has 0 saturated heterocycles. The van der Waals surface area contributed by atoms with Crippen molar-refractivity contribution in [1.29, 1.82) is 0 Å². The fourth-order valence-electron chi connectivity index (χ4n) is 3.31. The van der Waals surface area contributed by atoms with Crippen LogP contribution >= 0.6 is 23.7 Å². The maximum Gasteiger partial charge on any atom is 0.336 e. The minimum atomic E-state index is -0.942. The van der Waals surface area contributed by atoms with E-state index in [2.05, 4.69) is 10.3 Å². The number of aromatic nitrogens is 2. The number of methoxy groups -OCH3 is 1. The largest absolute Gasteiger partial charge is 0.497 e. The number of carbonyl (C=O) groups is 1. The molecular weight excluding hydrogens is 446 g/mol. The van der Waals surface area contributed by atoms with Crippen molar-refractivity contribution in [2.75, 3.05) is 7.11 Å². The Labute approximate surface area is 196 Å². The van der Waals surface area contributed by atoms with Gasteiger partial charge in [-0.1, -0.05) is 24.3 Å². The second-order valence-corrected chi connectivity index (χ2v) is 7.80. The molecule has 4 rings (SSSR count). The summed E-state index contributed by atoms with van der Waals surface area (Å²) in [5.41, 5.74) is 2.77. The second kappa shape index (κ2) is 10.9. The summed E-state index contributed by atoms with van der Waals surface area (Å²) in [6, 6.07) is 20.3. The van der Waals surface area contributed by atoms with Gasteiger partial charge in [0.05, 0.1) is 18.4 Å². The van der Waals surface area contributed by atoms with E-state index in [9.17, 15) is 9.90 Å². The zero-order valence-corrected chi connectivity index (χ0v) is 18.9. The van der Waals surface area contributed by atoms with E-state index < -0.39 is 5.97 Å². The molecule has 0 fully saturated rings. The third kappa shape index (κ3) is 5.31. The predicted octanol–water partition coefficient (Wildman–Crippen LogP) is 5.21. The highest BCUT2D eigenvalue weighted by molar-refractivity contribution is 7.10. The summed E-state index contributed by atoms with van der Waals surface area (Å²) in [5.74, 6) is 0.472. The maximum atomic E-state index is 11.6. The molecule has 2 aromatic carbocycles. The van der Waals surface area contributed by atoms with Crippen LogP contribution < -0.4 is 10.1 Å². The number of thiophene rings is 1. The Morgan fingerprint density at radius 2 is 1.88 bits per heavy atom. The summed E-state index contributed by atoms with van der Waals surface area (Å²) in [4.78, 5) is 21.9. The van der Waals surface area contributed by atoms with E-state index in [1.54, 1.807) is 36.8 Å². The number of carboxylic acid groups (broad SMARTS) is 1. The molecule has 0 aliphatic carbocycles. The average Bonchev–Trinajstić information content (AvgIpc) is 3.34. The fraction of sp³-hybridized carbons (Fsp3) is 0.125. The molecule has 0 spiro atoms. The van der Waals surface area contributed by atoms with Gasteiger partial charge in [-0.25, -0.2) is 14.8 Å². The van der Waals surface area contributed by atoms with Crippen LogP contribution in [0.5, 0.6) is 5.75 Å². The molecule has 1 atom stereocenters. The second-order valence-electron chi connectivity index (χ2n) is 6.82. The van der Waals surface area contributed by atoms with Crippen LogP contribution in [-0.4, -0.2) is 28.2 Å². The SMILES string of the molecule is COc1ccc(-c2ccnc(C(NCc3ccccc3C(=O)O)c3cccs3)n2)cc1.Cl. The fourth-order valence-corrected chi connectivity index (χ4v) is 4.10. The van der Waals surface area contributed by atoms with Gasteiger partial charge in [0.1, 0.15) is 11.8 Å². The van der Waals surface area contributed by atoms with E-state index in [-0.39, 0.29) is 24.0 Å². The van der Waals surface area contributed by atoms with Crippen molar-refractivity contribution in [3.8, 4) is 17.0 Å². The van der Waals surface area contributed by atoms with E-state index in [1.807, 2.05) is 60.0 Å². The van der Waals surface area contributed by atoms with E-state index >= 15 is 0 Å². The van der Waals surface area contributed by atoms with Gasteiger partial charge in [-0.3, -0.25) is 5.32 Å². The molecule has 6 nitrogen and oxygen atoms in total. The Morgan fingerprint density at radius 1 is 1.09 bits per heavy atom. The summed E-state index contributed by atoms with van der Waals surface area (Å²) < 4.78 is 5.23. The monoisotopic (exact) mass is 467 g/mol. The number of rotatable bonds is 8. The van der Waals surface area contributed by atoms with E-state index in [1.165, 1.54) is 0 Å². The minimum absolute atomic E-state index is 0. The van der Waals surface area contributed by atoms with Crippen molar-refractivity contribution in [3.05, 3.63) is 100 Å².